The molecule has 2 saturated heterocycles. The first kappa shape index (κ1) is 30.8. The molecule has 1 N–H and O–H groups in total. The van der Waals surface area contributed by atoms with Crippen LogP contribution in [0.4, 0.5) is 4.79 Å². The molecule has 0 saturated carbocycles. The van der Waals surface area contributed by atoms with Gasteiger partial charge in [-0.2, -0.15) is 0 Å². The fraction of sp³-hybridized carbons (Fsp3) is 0.265. The second-order valence-corrected chi connectivity index (χ2v) is 11.1. The van der Waals surface area contributed by atoms with Gasteiger partial charge < -0.3 is 16.5 Å². The smallest absolute Gasteiger partial charge is 1.00 e. The van der Waals surface area contributed by atoms with Crippen LogP contribution in [0.1, 0.15) is 25.0 Å². The maximum Gasteiger partial charge on any atom is 1.00 e. The van der Waals surface area contributed by atoms with Crippen molar-refractivity contribution in [3.8, 4) is 0 Å². The van der Waals surface area contributed by atoms with Crippen molar-refractivity contribution >= 4 is 28.6 Å². The van der Waals surface area contributed by atoms with Crippen molar-refractivity contribution in [1.82, 2.24) is 25.1 Å². The van der Waals surface area contributed by atoms with Crippen LogP contribution in [0, 0.1) is 0 Å². The van der Waals surface area contributed by atoms with E-state index in [9.17, 15) is 14.4 Å². The van der Waals surface area contributed by atoms with Crippen molar-refractivity contribution in [1.29, 1.82) is 0 Å². The summed E-state index contributed by atoms with van der Waals surface area (Å²) >= 11 is 0. The Balaban J connectivity index is 0.00000221. The van der Waals surface area contributed by atoms with Crippen LogP contribution in [-0.4, -0.2) is 69.5 Å². The summed E-state index contributed by atoms with van der Waals surface area (Å²) < 4.78 is 0. The minimum atomic E-state index is -0.741. The van der Waals surface area contributed by atoms with E-state index in [4.69, 9.17) is 0 Å². The molecule has 3 atom stereocenters. The van der Waals surface area contributed by atoms with Gasteiger partial charge in [0.05, 0.1) is 12.6 Å². The number of urea groups is 1. The zero-order valence-electron chi connectivity index (χ0n) is 25.9. The van der Waals surface area contributed by atoms with Gasteiger partial charge in [-0.1, -0.05) is 103 Å². The monoisotopic (exact) mass is 585 g/mol. The van der Waals surface area contributed by atoms with Gasteiger partial charge in [0, 0.05) is 26.6 Å². The van der Waals surface area contributed by atoms with Crippen LogP contribution in [0.5, 0.6) is 0 Å². The Kier molecular flexibility index (Phi) is 9.52. The molecule has 43 heavy (non-hydrogen) atoms. The largest absolute Gasteiger partial charge is 1.00 e. The van der Waals surface area contributed by atoms with Crippen molar-refractivity contribution in [3.63, 3.8) is 0 Å². The van der Waals surface area contributed by atoms with E-state index < -0.39 is 18.2 Å². The molecule has 0 aliphatic carbocycles. The number of benzene rings is 4. The standard InChI is InChI=1S/C34H35N5O3.Na.H/c1-24-32-38(31(40)23-36(2)39(32)34(42)35-21-26-14-7-4-8-15-26)30(20-25-12-5-3-6-13-25)33(41)37(24)22-28-18-11-17-27-16-9-10-19-29(27)28;;/h3-19,24,30,32H,20-23H2,1-2H3,(H,35,42);;/q;+1;-1/t24-,30-,32?;;/m0../s1. The second-order valence-electron chi connectivity index (χ2n) is 11.1. The number of hydrogen-bond donors (Lipinski definition) is 1. The normalized spacial score (nSPS) is 20.5. The number of nitrogens with one attached hydrogen (secondary N) is 1. The molecule has 4 amide bonds. The van der Waals surface area contributed by atoms with Gasteiger partial charge in [-0.3, -0.25) is 9.59 Å². The molecule has 0 aromatic heterocycles. The van der Waals surface area contributed by atoms with Crippen molar-refractivity contribution in [2.45, 2.75) is 44.7 Å². The van der Waals surface area contributed by atoms with Crippen molar-refractivity contribution in [3.05, 3.63) is 120 Å². The van der Waals surface area contributed by atoms with E-state index in [1.54, 1.807) is 22.0 Å². The summed E-state index contributed by atoms with van der Waals surface area (Å²) in [5.74, 6) is -0.279. The van der Waals surface area contributed by atoms with Crippen LogP contribution in [0.15, 0.2) is 103 Å². The van der Waals surface area contributed by atoms with E-state index in [0.717, 1.165) is 27.5 Å². The van der Waals surface area contributed by atoms with Gasteiger partial charge in [0.2, 0.25) is 11.8 Å². The minimum Gasteiger partial charge on any atom is -1.00 e. The van der Waals surface area contributed by atoms with E-state index >= 15 is 0 Å². The van der Waals surface area contributed by atoms with Crippen LogP contribution >= 0.6 is 0 Å². The third-order valence-electron chi connectivity index (χ3n) is 8.37. The molecule has 6 rings (SSSR count). The molecule has 8 nitrogen and oxygen atoms in total. The third kappa shape index (κ3) is 6.19. The van der Waals surface area contributed by atoms with Crippen molar-refractivity contribution in [2.24, 2.45) is 0 Å². The Morgan fingerprint density at radius 3 is 2.21 bits per heavy atom. The Morgan fingerprint density at radius 2 is 1.49 bits per heavy atom. The molecule has 0 radical (unpaired) electrons. The van der Waals surface area contributed by atoms with Gasteiger partial charge in [-0.05, 0) is 34.4 Å². The molecule has 4 aromatic rings. The van der Waals surface area contributed by atoms with Crippen LogP contribution in [0.25, 0.3) is 10.8 Å². The van der Waals surface area contributed by atoms with Gasteiger partial charge in [0.15, 0.2) is 0 Å². The van der Waals surface area contributed by atoms with Crippen molar-refractivity contribution in [2.75, 3.05) is 13.6 Å². The molecule has 0 spiro atoms. The average Bonchev–Trinajstić information content (AvgIpc) is 3.01. The number of hydrogen-bond acceptors (Lipinski definition) is 4. The van der Waals surface area contributed by atoms with Crippen LogP contribution < -0.4 is 34.9 Å². The number of fused-ring (bicyclic) bond motifs is 2. The van der Waals surface area contributed by atoms with Gasteiger partial charge in [0.25, 0.3) is 0 Å². The van der Waals surface area contributed by atoms with E-state index in [1.807, 2.05) is 96.8 Å². The number of hydrazine groups is 1. The van der Waals surface area contributed by atoms with E-state index in [-0.39, 0.29) is 55.4 Å². The number of likely N-dealkylation sites (N-methyl/N-ethyl adjacent to an activating group) is 1. The summed E-state index contributed by atoms with van der Waals surface area (Å²) in [6.45, 7) is 2.66. The molecule has 2 heterocycles. The van der Waals surface area contributed by atoms with Crippen LogP contribution in [0.3, 0.4) is 0 Å². The Morgan fingerprint density at radius 1 is 0.860 bits per heavy atom. The summed E-state index contributed by atoms with van der Waals surface area (Å²) in [4.78, 5) is 45.3. The number of carbonyl (C=O) groups is 3. The van der Waals surface area contributed by atoms with E-state index in [0.29, 0.717) is 19.5 Å². The molecule has 1 unspecified atom stereocenters. The number of piperazine rings is 1. The Bertz CT molecular complexity index is 1600. The summed E-state index contributed by atoms with van der Waals surface area (Å²) in [6.07, 6.45) is -0.308. The van der Waals surface area contributed by atoms with Gasteiger partial charge in [0.1, 0.15) is 12.2 Å². The zero-order chi connectivity index (χ0) is 29.2. The number of nitrogens with zero attached hydrogens (tertiary/aromatic N) is 4. The molecule has 2 aliphatic rings. The first-order valence-electron chi connectivity index (χ1n) is 14.4. The fourth-order valence-electron chi connectivity index (χ4n) is 6.28. The van der Waals surface area contributed by atoms with Gasteiger partial charge in [-0.25, -0.2) is 14.8 Å². The van der Waals surface area contributed by atoms with Gasteiger partial charge >= 0.3 is 35.6 Å². The van der Waals surface area contributed by atoms with E-state index in [1.165, 1.54) is 0 Å². The third-order valence-corrected chi connectivity index (χ3v) is 8.37. The molecule has 2 aliphatic heterocycles. The fourth-order valence-corrected chi connectivity index (χ4v) is 6.28. The van der Waals surface area contributed by atoms with Crippen molar-refractivity contribution < 1.29 is 45.4 Å². The maximum absolute atomic E-state index is 14.3. The SMILES string of the molecule is C[C@H]1C2N(C(=O)CN(C)N2C(=O)NCc2ccccc2)[C@@H](Cc2ccccc2)C(=O)N1Cc1cccc2ccccc12.[H-].[Na+]. The van der Waals surface area contributed by atoms with Crippen LogP contribution in [0.2, 0.25) is 0 Å². The quantitative estimate of drug-likeness (QED) is 0.349. The average molecular weight is 586 g/mol. The maximum atomic E-state index is 14.3. The first-order valence-corrected chi connectivity index (χ1v) is 14.4. The molecular weight excluding hydrogens is 549 g/mol. The predicted octanol–water partition coefficient (Wildman–Crippen LogP) is 1.53. The molecule has 9 heteroatoms. The Labute approximate surface area is 276 Å². The summed E-state index contributed by atoms with van der Waals surface area (Å²) in [7, 11) is 1.75. The minimum absolute atomic E-state index is 0. The summed E-state index contributed by atoms with van der Waals surface area (Å²) in [6, 6.07) is 32.2. The van der Waals surface area contributed by atoms with E-state index in [2.05, 4.69) is 23.5 Å². The molecule has 4 aromatic carbocycles. The molecule has 216 valence electrons. The predicted molar refractivity (Wildman–Crippen MR) is 163 cm³/mol. The number of rotatable bonds is 6. The topological polar surface area (TPSA) is 76.2 Å². The number of amides is 4. The molecule has 2 fully saturated rings. The molecular formula is C34H36N5NaO3. The number of carbonyl (C=O) groups excluding carboxylic acids is 3. The van der Waals surface area contributed by atoms with Crippen LogP contribution in [-0.2, 0) is 29.1 Å². The first-order chi connectivity index (χ1) is 20.4. The Hall–Kier alpha value is -3.69. The molecule has 0 bridgehead atoms. The summed E-state index contributed by atoms with van der Waals surface area (Å²) in [5, 5.41) is 8.51. The summed E-state index contributed by atoms with van der Waals surface area (Å²) in [5.41, 5.74) is 2.96. The second kappa shape index (κ2) is 13.3. The zero-order valence-corrected chi connectivity index (χ0v) is 26.9. The van der Waals surface area contributed by atoms with Gasteiger partial charge in [-0.15, -0.1) is 0 Å².